The van der Waals surface area contributed by atoms with Crippen LogP contribution in [0.25, 0.3) is 0 Å². The van der Waals surface area contributed by atoms with Crippen LogP contribution in [0.5, 0.6) is 0 Å². The molecule has 1 amide bonds. The van der Waals surface area contributed by atoms with Gasteiger partial charge in [-0.3, -0.25) is 9.59 Å². The molecule has 4 N–H and O–H groups in total. The topological polar surface area (TPSA) is 180 Å². The summed E-state index contributed by atoms with van der Waals surface area (Å²) in [6.07, 6.45) is 1.03. The molecule has 0 aliphatic heterocycles. The highest BCUT2D eigenvalue weighted by molar-refractivity contribution is 7.89. The van der Waals surface area contributed by atoms with Crippen LogP contribution >= 0.6 is 0 Å². The van der Waals surface area contributed by atoms with E-state index in [-0.39, 0.29) is 28.6 Å². The average molecular weight is 460 g/mol. The number of carbonyl (C=O) groups is 2. The highest BCUT2D eigenvalue weighted by Crippen LogP contribution is 2.14. The number of hydrogen-bond donors (Lipinski definition) is 3. The number of nitrogens with two attached hydrogens (primary N) is 1. The van der Waals surface area contributed by atoms with Gasteiger partial charge in [-0.15, -0.1) is 0 Å². The maximum Gasteiger partial charge on any atom is 0.307 e. The van der Waals surface area contributed by atoms with Crippen molar-refractivity contribution in [1.29, 1.82) is 0 Å². The molecule has 1 aromatic carbocycles. The molecule has 0 aliphatic rings. The molecule has 14 heteroatoms. The molecule has 1 aromatic heterocycles. The van der Waals surface area contributed by atoms with Crippen molar-refractivity contribution in [2.45, 2.75) is 23.3 Å². The van der Waals surface area contributed by atoms with E-state index in [2.05, 4.69) is 15.0 Å². The van der Waals surface area contributed by atoms with Crippen molar-refractivity contribution in [1.82, 2.24) is 14.3 Å². The Hall–Kier alpha value is -2.81. The first-order valence-electron chi connectivity index (χ1n) is 8.46. The minimum absolute atomic E-state index is 0.154. The number of primary sulfonamides is 1. The zero-order chi connectivity index (χ0) is 22.5. The van der Waals surface area contributed by atoms with Gasteiger partial charge in [0.05, 0.1) is 11.3 Å². The molecule has 0 radical (unpaired) electrons. The third kappa shape index (κ3) is 6.62. The van der Waals surface area contributed by atoms with Crippen LogP contribution in [0.4, 0.5) is 5.69 Å². The minimum atomic E-state index is -3.93. The number of amides is 1. The van der Waals surface area contributed by atoms with Crippen LogP contribution in [0.2, 0.25) is 0 Å². The van der Waals surface area contributed by atoms with E-state index in [1.165, 1.54) is 24.4 Å². The van der Waals surface area contributed by atoms with Crippen LogP contribution in [-0.4, -0.2) is 51.4 Å². The van der Waals surface area contributed by atoms with Gasteiger partial charge in [0.2, 0.25) is 10.0 Å². The van der Waals surface area contributed by atoms with Gasteiger partial charge in [0, 0.05) is 25.5 Å². The van der Waals surface area contributed by atoms with Crippen LogP contribution in [0.1, 0.15) is 12.2 Å². The molecule has 0 saturated heterocycles. The van der Waals surface area contributed by atoms with Crippen molar-refractivity contribution in [2.24, 2.45) is 12.2 Å². The molecule has 0 bridgehead atoms. The van der Waals surface area contributed by atoms with E-state index < -0.39 is 38.5 Å². The second-order valence-corrected chi connectivity index (χ2v) is 9.44. The highest BCUT2D eigenvalue weighted by atomic mass is 32.2. The van der Waals surface area contributed by atoms with Gasteiger partial charge in [-0.1, -0.05) is 6.07 Å². The van der Waals surface area contributed by atoms with Gasteiger partial charge < -0.3 is 14.6 Å². The number of nitrogens with one attached hydrogen (secondary N) is 2. The second-order valence-electron chi connectivity index (χ2n) is 6.17. The quantitative estimate of drug-likeness (QED) is 0.409. The summed E-state index contributed by atoms with van der Waals surface area (Å²) < 4.78 is 55.3. The molecule has 2 aromatic rings. The van der Waals surface area contributed by atoms with Crippen LogP contribution in [0.15, 0.2) is 40.4 Å². The maximum atomic E-state index is 12.1. The lowest BCUT2D eigenvalue weighted by Gasteiger charge is -2.08. The largest absolute Gasteiger partial charge is 0.456 e. The maximum absolute atomic E-state index is 12.1. The van der Waals surface area contributed by atoms with Crippen LogP contribution in [-0.2, 0) is 41.4 Å². The summed E-state index contributed by atoms with van der Waals surface area (Å²) in [5.74, 6) is -1.00. The first-order valence-corrected chi connectivity index (χ1v) is 11.5. The number of aromatic nitrogens is 2. The zero-order valence-electron chi connectivity index (χ0n) is 16.2. The number of hydrogen-bond acceptors (Lipinski definition) is 8. The van der Waals surface area contributed by atoms with E-state index in [1.54, 1.807) is 18.5 Å². The molecule has 30 heavy (non-hydrogen) atoms. The number of esters is 1. The first kappa shape index (κ1) is 23.5. The zero-order valence-corrected chi connectivity index (χ0v) is 17.8. The Morgan fingerprint density at radius 1 is 1.23 bits per heavy atom. The number of carbonyl (C=O) groups excluding carboxylic acids is 2. The first-order chi connectivity index (χ1) is 13.9. The lowest BCUT2D eigenvalue weighted by atomic mass is 10.3. The van der Waals surface area contributed by atoms with Crippen LogP contribution in [0.3, 0.4) is 0 Å². The lowest BCUT2D eigenvalue weighted by Crippen LogP contribution is -2.28. The number of ether oxygens (including phenoxy) is 1. The number of benzene rings is 1. The normalized spacial score (nSPS) is 11.8. The molecule has 0 atom stereocenters. The molecule has 2 rings (SSSR count). The second kappa shape index (κ2) is 9.34. The Kier molecular flexibility index (Phi) is 7.30. The third-order valence-corrected chi connectivity index (χ3v) is 6.04. The SMILES string of the molecule is Cc1nc(S(=O)(=O)NCCC(=O)OCC(=O)Nc2cccc(S(N)(=O)=O)c2)cn1C. The highest BCUT2D eigenvalue weighted by Gasteiger charge is 2.19. The van der Waals surface area contributed by atoms with Crippen LogP contribution < -0.4 is 15.2 Å². The summed E-state index contributed by atoms with van der Waals surface area (Å²) >= 11 is 0. The Morgan fingerprint density at radius 2 is 1.93 bits per heavy atom. The van der Waals surface area contributed by atoms with Crippen molar-refractivity contribution in [3.05, 3.63) is 36.3 Å². The summed E-state index contributed by atoms with van der Waals surface area (Å²) in [7, 11) is -6.16. The fraction of sp³-hybridized carbons (Fsp3) is 0.312. The number of aryl methyl sites for hydroxylation is 2. The summed E-state index contributed by atoms with van der Waals surface area (Å²) in [4.78, 5) is 27.3. The number of nitrogens with zero attached hydrogens (tertiary/aromatic N) is 2. The van der Waals surface area contributed by atoms with E-state index in [0.717, 1.165) is 6.07 Å². The van der Waals surface area contributed by atoms with Crippen molar-refractivity contribution in [3.8, 4) is 0 Å². The van der Waals surface area contributed by atoms with Gasteiger partial charge in [0.15, 0.2) is 11.6 Å². The monoisotopic (exact) mass is 459 g/mol. The standard InChI is InChI=1S/C16H21N5O7S2/c1-11-19-15(9-21(11)2)30(26,27)18-7-6-16(23)28-10-14(22)20-12-4-3-5-13(8-12)29(17,24)25/h3-5,8-9,18H,6-7,10H2,1-2H3,(H,20,22)(H2,17,24,25). The number of sulfonamides is 2. The molecule has 0 unspecified atom stereocenters. The van der Waals surface area contributed by atoms with Crippen molar-refractivity contribution in [2.75, 3.05) is 18.5 Å². The Bertz CT molecular complexity index is 1140. The third-order valence-electron chi connectivity index (χ3n) is 3.79. The van der Waals surface area contributed by atoms with Gasteiger partial charge in [-0.05, 0) is 25.1 Å². The van der Waals surface area contributed by atoms with Gasteiger partial charge in [-0.2, -0.15) is 0 Å². The molecule has 0 aliphatic carbocycles. The molecule has 164 valence electrons. The number of imidazole rings is 1. The van der Waals surface area contributed by atoms with Gasteiger partial charge in [-0.25, -0.2) is 31.7 Å². The fourth-order valence-corrected chi connectivity index (χ4v) is 3.81. The summed E-state index contributed by atoms with van der Waals surface area (Å²) in [5, 5.41) is 7.21. The lowest BCUT2D eigenvalue weighted by molar-refractivity contribution is -0.147. The molecule has 1 heterocycles. The van der Waals surface area contributed by atoms with Gasteiger partial charge in [0.1, 0.15) is 5.82 Å². The summed E-state index contributed by atoms with van der Waals surface area (Å²) in [6, 6.07) is 5.24. The molecular formula is C16H21N5O7S2. The average Bonchev–Trinajstić information content (AvgIpc) is 2.99. The van der Waals surface area contributed by atoms with Crippen molar-refractivity contribution >= 4 is 37.6 Å². The van der Waals surface area contributed by atoms with E-state index in [0.29, 0.717) is 5.82 Å². The van der Waals surface area contributed by atoms with E-state index >= 15 is 0 Å². The minimum Gasteiger partial charge on any atom is -0.456 e. The molecule has 0 saturated carbocycles. The molecule has 0 fully saturated rings. The van der Waals surface area contributed by atoms with Crippen LogP contribution in [0, 0.1) is 6.92 Å². The Labute approximate surface area is 173 Å². The summed E-state index contributed by atoms with van der Waals surface area (Å²) in [5.41, 5.74) is 0.154. The number of rotatable bonds is 9. The molecule has 12 nitrogen and oxygen atoms in total. The molecular weight excluding hydrogens is 438 g/mol. The van der Waals surface area contributed by atoms with E-state index in [4.69, 9.17) is 9.88 Å². The van der Waals surface area contributed by atoms with Gasteiger partial charge >= 0.3 is 5.97 Å². The van der Waals surface area contributed by atoms with E-state index in [1.807, 2.05) is 0 Å². The Morgan fingerprint density at radius 3 is 2.53 bits per heavy atom. The van der Waals surface area contributed by atoms with E-state index in [9.17, 15) is 26.4 Å². The van der Waals surface area contributed by atoms with Gasteiger partial charge in [0.25, 0.3) is 15.9 Å². The molecule has 0 spiro atoms. The predicted octanol–water partition coefficient (Wildman–Crippen LogP) is -0.774. The fourth-order valence-electron chi connectivity index (χ4n) is 2.18. The van der Waals surface area contributed by atoms with Crippen molar-refractivity contribution in [3.63, 3.8) is 0 Å². The van der Waals surface area contributed by atoms with Crippen molar-refractivity contribution < 1.29 is 31.2 Å². The number of anilines is 1. The summed E-state index contributed by atoms with van der Waals surface area (Å²) in [6.45, 7) is 0.770. The predicted molar refractivity (Wildman–Crippen MR) is 105 cm³/mol. The smallest absolute Gasteiger partial charge is 0.307 e. The Balaban J connectivity index is 1.78.